The van der Waals surface area contributed by atoms with Crippen molar-refractivity contribution in [1.29, 1.82) is 0 Å². The number of aromatic nitrogens is 2. The molecule has 1 aromatic heterocycles. The monoisotopic (exact) mass is 248 g/mol. The van der Waals surface area contributed by atoms with E-state index >= 15 is 0 Å². The molecule has 2 heterocycles. The molecule has 98 valence electrons. The number of aromatic amines is 1. The second kappa shape index (κ2) is 5.20. The van der Waals surface area contributed by atoms with Crippen LogP contribution in [0.15, 0.2) is 4.79 Å². The molecule has 3 rings (SSSR count). The number of hydrogen-bond donors (Lipinski definition) is 2. The largest absolute Gasteiger partial charge is 0.314 e. The van der Waals surface area contributed by atoms with E-state index in [4.69, 9.17) is 0 Å². The molecule has 5 nitrogen and oxygen atoms in total. The fourth-order valence-electron chi connectivity index (χ4n) is 2.81. The summed E-state index contributed by atoms with van der Waals surface area (Å²) in [6.45, 7) is 4.87. The van der Waals surface area contributed by atoms with Gasteiger partial charge in [0.15, 0.2) is 0 Å². The van der Waals surface area contributed by atoms with Crippen molar-refractivity contribution in [3.05, 3.63) is 27.4 Å². The maximum Gasteiger partial charge on any atom is 0.254 e. The molecule has 1 fully saturated rings. The Kier molecular flexibility index (Phi) is 3.43. The van der Waals surface area contributed by atoms with Crippen LogP contribution >= 0.6 is 0 Å². The van der Waals surface area contributed by atoms with Gasteiger partial charge in [-0.1, -0.05) is 0 Å². The number of piperazine rings is 1. The Morgan fingerprint density at radius 1 is 1.17 bits per heavy atom. The summed E-state index contributed by atoms with van der Waals surface area (Å²) in [6.07, 6.45) is 4.14. The van der Waals surface area contributed by atoms with Crippen molar-refractivity contribution in [3.63, 3.8) is 0 Å². The zero-order chi connectivity index (χ0) is 12.4. The van der Waals surface area contributed by atoms with Crippen molar-refractivity contribution in [3.8, 4) is 0 Å². The average Bonchev–Trinajstić information content (AvgIpc) is 2.40. The van der Waals surface area contributed by atoms with Crippen molar-refractivity contribution in [2.45, 2.75) is 32.2 Å². The van der Waals surface area contributed by atoms with Gasteiger partial charge in [-0.05, 0) is 25.7 Å². The van der Waals surface area contributed by atoms with Gasteiger partial charge in [0.05, 0.1) is 12.2 Å². The molecular weight excluding hydrogens is 228 g/mol. The fraction of sp³-hybridized carbons (Fsp3) is 0.692. The van der Waals surface area contributed by atoms with Crippen molar-refractivity contribution in [2.24, 2.45) is 0 Å². The van der Waals surface area contributed by atoms with Crippen LogP contribution in [0.3, 0.4) is 0 Å². The highest BCUT2D eigenvalue weighted by molar-refractivity contribution is 5.20. The number of nitrogens with zero attached hydrogens (tertiary/aromatic N) is 2. The zero-order valence-electron chi connectivity index (χ0n) is 10.7. The van der Waals surface area contributed by atoms with Gasteiger partial charge in [0.1, 0.15) is 5.82 Å². The van der Waals surface area contributed by atoms with Crippen molar-refractivity contribution < 1.29 is 0 Å². The Bertz CT molecular complexity index is 476. The molecule has 0 aromatic carbocycles. The van der Waals surface area contributed by atoms with Gasteiger partial charge >= 0.3 is 0 Å². The lowest BCUT2D eigenvalue weighted by molar-refractivity contribution is 0.227. The van der Waals surface area contributed by atoms with Crippen molar-refractivity contribution in [2.75, 3.05) is 26.2 Å². The van der Waals surface area contributed by atoms with Crippen molar-refractivity contribution >= 4 is 0 Å². The van der Waals surface area contributed by atoms with E-state index in [0.29, 0.717) is 0 Å². The van der Waals surface area contributed by atoms with Crippen LogP contribution in [0.2, 0.25) is 0 Å². The highest BCUT2D eigenvalue weighted by atomic mass is 16.1. The van der Waals surface area contributed by atoms with Crippen LogP contribution in [0.1, 0.15) is 29.9 Å². The normalized spacial score (nSPS) is 20.7. The van der Waals surface area contributed by atoms with Gasteiger partial charge < -0.3 is 10.3 Å². The van der Waals surface area contributed by atoms with E-state index < -0.39 is 0 Å². The smallest absolute Gasteiger partial charge is 0.254 e. The molecule has 0 bridgehead atoms. The van der Waals surface area contributed by atoms with Gasteiger partial charge in [-0.2, -0.15) is 0 Å². The van der Waals surface area contributed by atoms with Gasteiger partial charge in [0.25, 0.3) is 5.56 Å². The highest BCUT2D eigenvalue weighted by Crippen LogP contribution is 2.15. The first kappa shape index (κ1) is 11.9. The topological polar surface area (TPSA) is 61.0 Å². The first-order valence-corrected chi connectivity index (χ1v) is 6.87. The minimum absolute atomic E-state index is 0.0878. The van der Waals surface area contributed by atoms with Gasteiger partial charge in [-0.3, -0.25) is 9.69 Å². The molecule has 0 unspecified atom stereocenters. The summed E-state index contributed by atoms with van der Waals surface area (Å²) in [7, 11) is 0. The Morgan fingerprint density at radius 3 is 2.78 bits per heavy atom. The summed E-state index contributed by atoms with van der Waals surface area (Å²) < 4.78 is 0. The Morgan fingerprint density at radius 2 is 1.94 bits per heavy atom. The maximum absolute atomic E-state index is 12.0. The van der Waals surface area contributed by atoms with Gasteiger partial charge in [0.2, 0.25) is 0 Å². The van der Waals surface area contributed by atoms with E-state index in [2.05, 4.69) is 20.2 Å². The predicted octanol–water partition coefficient (Wildman–Crippen LogP) is 0.0539. The summed E-state index contributed by atoms with van der Waals surface area (Å²) in [5.41, 5.74) is 2.05. The molecule has 5 heteroatoms. The van der Waals surface area contributed by atoms with Crippen LogP contribution in [-0.4, -0.2) is 41.0 Å². The first-order chi connectivity index (χ1) is 8.83. The van der Waals surface area contributed by atoms with Crippen molar-refractivity contribution in [1.82, 2.24) is 20.2 Å². The van der Waals surface area contributed by atoms with E-state index in [0.717, 1.165) is 75.5 Å². The molecule has 2 aliphatic rings. The van der Waals surface area contributed by atoms with E-state index in [1.54, 1.807) is 0 Å². The average molecular weight is 248 g/mol. The van der Waals surface area contributed by atoms with Crippen LogP contribution in [0.4, 0.5) is 0 Å². The van der Waals surface area contributed by atoms with Gasteiger partial charge in [-0.15, -0.1) is 0 Å². The lowest BCUT2D eigenvalue weighted by Crippen LogP contribution is -2.43. The lowest BCUT2D eigenvalue weighted by Gasteiger charge is -2.27. The van der Waals surface area contributed by atoms with E-state index in [1.165, 1.54) is 0 Å². The molecule has 0 spiro atoms. The van der Waals surface area contributed by atoms with Gasteiger partial charge in [0, 0.05) is 31.7 Å². The number of fused-ring (bicyclic) bond motifs is 1. The second-order valence-corrected chi connectivity index (χ2v) is 5.17. The number of hydrogen-bond acceptors (Lipinski definition) is 4. The van der Waals surface area contributed by atoms with Crippen LogP contribution in [0, 0.1) is 0 Å². The second-order valence-electron chi connectivity index (χ2n) is 5.17. The third-order valence-electron chi connectivity index (χ3n) is 3.82. The molecule has 18 heavy (non-hydrogen) atoms. The first-order valence-electron chi connectivity index (χ1n) is 6.87. The highest BCUT2D eigenvalue weighted by Gasteiger charge is 2.17. The zero-order valence-corrected chi connectivity index (χ0v) is 10.7. The van der Waals surface area contributed by atoms with Gasteiger partial charge in [-0.25, -0.2) is 4.98 Å². The van der Waals surface area contributed by atoms with Crippen LogP contribution in [0.25, 0.3) is 0 Å². The maximum atomic E-state index is 12.0. The Hall–Kier alpha value is -1.20. The molecule has 2 N–H and O–H groups in total. The summed E-state index contributed by atoms with van der Waals surface area (Å²) in [5.74, 6) is 0.836. The molecule has 1 aliphatic heterocycles. The third-order valence-corrected chi connectivity index (χ3v) is 3.82. The van der Waals surface area contributed by atoms with E-state index in [9.17, 15) is 4.79 Å². The van der Waals surface area contributed by atoms with Crippen LogP contribution < -0.4 is 10.9 Å². The lowest BCUT2D eigenvalue weighted by atomic mass is 9.97. The molecule has 0 amide bonds. The van der Waals surface area contributed by atoms with Crippen LogP contribution in [-0.2, 0) is 19.4 Å². The molecule has 1 aliphatic carbocycles. The molecular formula is C13H20N4O. The summed E-state index contributed by atoms with van der Waals surface area (Å²) >= 11 is 0. The molecule has 0 saturated carbocycles. The van der Waals surface area contributed by atoms with E-state index in [-0.39, 0.29) is 5.56 Å². The molecule has 1 aromatic rings. The minimum atomic E-state index is 0.0878. The number of rotatable bonds is 2. The third kappa shape index (κ3) is 2.47. The minimum Gasteiger partial charge on any atom is -0.314 e. The Labute approximate surface area is 107 Å². The fourth-order valence-corrected chi connectivity index (χ4v) is 2.81. The Balaban J connectivity index is 1.80. The SMILES string of the molecule is O=c1[nH]c(CN2CCNCC2)nc2c1CCCC2. The summed E-state index contributed by atoms with van der Waals surface area (Å²) in [6, 6.07) is 0. The predicted molar refractivity (Wildman–Crippen MR) is 69.6 cm³/mol. The summed E-state index contributed by atoms with van der Waals surface area (Å²) in [5, 5.41) is 3.33. The number of H-pyrrole nitrogens is 1. The molecule has 1 saturated heterocycles. The molecule has 0 atom stereocenters. The van der Waals surface area contributed by atoms with Crippen LogP contribution in [0.5, 0.6) is 0 Å². The number of nitrogens with one attached hydrogen (secondary N) is 2. The van der Waals surface area contributed by atoms with E-state index in [1.807, 2.05) is 0 Å². The summed E-state index contributed by atoms with van der Waals surface area (Å²) in [4.78, 5) is 21.9. The number of aryl methyl sites for hydroxylation is 1. The quantitative estimate of drug-likeness (QED) is 0.776. The standard InChI is InChI=1S/C13H20N4O/c18-13-10-3-1-2-4-11(10)15-12(16-13)9-17-7-5-14-6-8-17/h14H,1-9H2,(H,15,16,18). The molecule has 0 radical (unpaired) electrons.